The van der Waals surface area contributed by atoms with E-state index >= 15 is 0 Å². The Morgan fingerprint density at radius 1 is 1.21 bits per heavy atom. The molecule has 0 aliphatic carbocycles. The van der Waals surface area contributed by atoms with Gasteiger partial charge in [-0.05, 0) is 18.1 Å². The Hall–Kier alpha value is -2.60. The van der Waals surface area contributed by atoms with E-state index in [1.807, 2.05) is 47.6 Å². The maximum atomic E-state index is 12.6. The molecule has 0 spiro atoms. The summed E-state index contributed by atoms with van der Waals surface area (Å²) in [5.74, 6) is 0.348. The molecule has 0 saturated carbocycles. The zero-order chi connectivity index (χ0) is 19.3. The van der Waals surface area contributed by atoms with E-state index in [0.29, 0.717) is 5.75 Å². The summed E-state index contributed by atoms with van der Waals surface area (Å²) in [6.07, 6.45) is 4.73. The molecule has 0 saturated heterocycles. The fraction of sp³-hybridized carbons (Fsp3) is 0.318. The second-order valence-corrected chi connectivity index (χ2v) is 7.90. The van der Waals surface area contributed by atoms with Crippen molar-refractivity contribution in [2.75, 3.05) is 5.75 Å². The van der Waals surface area contributed by atoms with Crippen LogP contribution < -0.4 is 5.32 Å². The van der Waals surface area contributed by atoms with Gasteiger partial charge in [-0.2, -0.15) is 5.10 Å². The summed E-state index contributed by atoms with van der Waals surface area (Å²) in [6, 6.07) is 18.6. The molecule has 28 heavy (non-hydrogen) atoms. The fourth-order valence-corrected chi connectivity index (χ4v) is 4.46. The smallest absolute Gasteiger partial charge is 0.230 e. The van der Waals surface area contributed by atoms with Gasteiger partial charge in [0.1, 0.15) is 0 Å². The lowest BCUT2D eigenvalue weighted by Gasteiger charge is -2.29. The lowest BCUT2D eigenvalue weighted by atomic mass is 10.0. The molecule has 0 bridgehead atoms. The Labute approximate surface area is 169 Å². The van der Waals surface area contributed by atoms with Gasteiger partial charge in [0.15, 0.2) is 5.17 Å². The molecule has 0 aromatic heterocycles. The lowest BCUT2D eigenvalue weighted by Crippen LogP contribution is -2.32. The van der Waals surface area contributed by atoms with E-state index in [0.717, 1.165) is 35.7 Å². The van der Waals surface area contributed by atoms with Crippen molar-refractivity contribution in [2.24, 2.45) is 10.1 Å². The fourth-order valence-electron chi connectivity index (χ4n) is 3.64. The highest BCUT2D eigenvalue weighted by Crippen LogP contribution is 2.40. The maximum absolute atomic E-state index is 12.6. The minimum atomic E-state index is 0.0218. The number of thioether (sulfide) groups is 1. The number of carbonyl (C=O) groups excluding carboxylic acids is 1. The summed E-state index contributed by atoms with van der Waals surface area (Å²) in [7, 11) is 0. The van der Waals surface area contributed by atoms with Crippen LogP contribution in [-0.4, -0.2) is 28.1 Å². The Bertz CT molecular complexity index is 896. The molecule has 2 atom stereocenters. The van der Waals surface area contributed by atoms with Crippen LogP contribution in [-0.2, 0) is 4.79 Å². The van der Waals surface area contributed by atoms with Crippen molar-refractivity contribution in [1.82, 2.24) is 10.3 Å². The van der Waals surface area contributed by atoms with Crippen LogP contribution in [0.3, 0.4) is 0 Å². The Morgan fingerprint density at radius 2 is 2.00 bits per heavy atom. The molecule has 0 unspecified atom stereocenters. The third-order valence-electron chi connectivity index (χ3n) is 4.98. The summed E-state index contributed by atoms with van der Waals surface area (Å²) in [6.45, 7) is 2.14. The van der Waals surface area contributed by atoms with Gasteiger partial charge < -0.3 is 5.32 Å². The third kappa shape index (κ3) is 3.97. The van der Waals surface area contributed by atoms with E-state index in [2.05, 4.69) is 35.5 Å². The van der Waals surface area contributed by atoms with Gasteiger partial charge in [-0.25, -0.2) is 10.0 Å². The number of nitrogens with one attached hydrogen (secondary N) is 1. The van der Waals surface area contributed by atoms with Gasteiger partial charge in [0.2, 0.25) is 5.91 Å². The van der Waals surface area contributed by atoms with Gasteiger partial charge in [-0.15, -0.1) is 0 Å². The number of hydrogen-bond donors (Lipinski definition) is 1. The molecule has 2 aromatic carbocycles. The van der Waals surface area contributed by atoms with Crippen LogP contribution in [0.5, 0.6) is 0 Å². The van der Waals surface area contributed by atoms with E-state index in [1.54, 1.807) is 0 Å². The molecule has 1 N–H and O–H groups in total. The highest BCUT2D eigenvalue weighted by Gasteiger charge is 2.32. The number of amidine groups is 1. The largest absolute Gasteiger partial charge is 0.349 e. The number of rotatable bonds is 6. The van der Waals surface area contributed by atoms with Crippen LogP contribution in [0.25, 0.3) is 0 Å². The molecule has 2 aromatic rings. The van der Waals surface area contributed by atoms with Gasteiger partial charge in [0.05, 0.1) is 23.5 Å². The topological polar surface area (TPSA) is 57.1 Å². The van der Waals surface area contributed by atoms with Crippen molar-refractivity contribution >= 4 is 34.7 Å². The van der Waals surface area contributed by atoms with Crippen LogP contribution in [0.1, 0.15) is 49.4 Å². The van der Waals surface area contributed by atoms with Crippen molar-refractivity contribution in [3.8, 4) is 0 Å². The number of benzene rings is 2. The van der Waals surface area contributed by atoms with Crippen LogP contribution in [0, 0.1) is 0 Å². The van der Waals surface area contributed by atoms with Crippen LogP contribution in [0.15, 0.2) is 64.7 Å². The van der Waals surface area contributed by atoms with Gasteiger partial charge >= 0.3 is 0 Å². The van der Waals surface area contributed by atoms with Gasteiger partial charge in [-0.3, -0.25) is 4.79 Å². The second-order valence-electron chi connectivity index (χ2n) is 6.96. The number of fused-ring (bicyclic) bond motifs is 3. The molecule has 2 heterocycles. The Morgan fingerprint density at radius 3 is 2.82 bits per heavy atom. The zero-order valence-corrected chi connectivity index (χ0v) is 16.7. The number of para-hydroxylation sites is 1. The normalized spacial score (nSPS) is 18.2. The lowest BCUT2D eigenvalue weighted by molar-refractivity contribution is -0.119. The number of aliphatic imine (C=N–C) groups is 1. The van der Waals surface area contributed by atoms with Crippen LogP contribution >= 0.6 is 11.8 Å². The molecular weight excluding hydrogens is 368 g/mol. The van der Waals surface area contributed by atoms with Crippen molar-refractivity contribution in [3.05, 3.63) is 65.7 Å². The first kappa shape index (κ1) is 18.7. The molecule has 0 fully saturated rings. The van der Waals surface area contributed by atoms with Gasteiger partial charge in [0, 0.05) is 18.2 Å². The number of amides is 1. The average molecular weight is 393 g/mol. The molecule has 144 valence electrons. The summed E-state index contributed by atoms with van der Waals surface area (Å²) in [5, 5.41) is 10.4. The predicted octanol–water partition coefficient (Wildman–Crippen LogP) is 4.81. The number of nitrogens with zero attached hydrogens (tertiary/aromatic N) is 3. The van der Waals surface area contributed by atoms with E-state index in [-0.39, 0.29) is 18.0 Å². The number of hydrogen-bond acceptors (Lipinski definition) is 5. The highest BCUT2D eigenvalue weighted by atomic mass is 32.2. The zero-order valence-electron chi connectivity index (χ0n) is 15.9. The summed E-state index contributed by atoms with van der Waals surface area (Å²) in [4.78, 5) is 17.4. The van der Waals surface area contributed by atoms with E-state index in [1.165, 1.54) is 17.3 Å². The van der Waals surface area contributed by atoms with Crippen molar-refractivity contribution in [2.45, 2.75) is 38.3 Å². The highest BCUT2D eigenvalue weighted by molar-refractivity contribution is 8.14. The molecule has 2 aliphatic heterocycles. The minimum absolute atomic E-state index is 0.0218. The SMILES string of the molecule is CCC[C@H](NC(=O)CSC1=Nc2ccccc2[C@@H]2CC=NN12)c1ccccc1. The first-order valence-corrected chi connectivity index (χ1v) is 10.7. The van der Waals surface area contributed by atoms with Crippen LogP contribution in [0.4, 0.5) is 5.69 Å². The quantitative estimate of drug-likeness (QED) is 0.767. The van der Waals surface area contributed by atoms with Crippen molar-refractivity contribution in [1.29, 1.82) is 0 Å². The van der Waals surface area contributed by atoms with E-state index in [4.69, 9.17) is 4.99 Å². The van der Waals surface area contributed by atoms with Crippen molar-refractivity contribution in [3.63, 3.8) is 0 Å². The Kier molecular flexibility index (Phi) is 5.76. The minimum Gasteiger partial charge on any atom is -0.349 e. The van der Waals surface area contributed by atoms with Crippen molar-refractivity contribution < 1.29 is 4.79 Å². The number of hydrazone groups is 1. The summed E-state index contributed by atoms with van der Waals surface area (Å²) >= 11 is 1.45. The third-order valence-corrected chi connectivity index (χ3v) is 5.93. The van der Waals surface area contributed by atoms with E-state index < -0.39 is 0 Å². The van der Waals surface area contributed by atoms with Gasteiger partial charge in [-0.1, -0.05) is 73.6 Å². The molecule has 5 nitrogen and oxygen atoms in total. The second kappa shape index (κ2) is 8.61. The summed E-state index contributed by atoms with van der Waals surface area (Å²) < 4.78 is 0. The first-order valence-electron chi connectivity index (χ1n) is 9.72. The molecule has 4 rings (SSSR count). The molecular formula is C22H24N4OS. The molecule has 6 heteroatoms. The summed E-state index contributed by atoms with van der Waals surface area (Å²) in [5.41, 5.74) is 3.32. The molecule has 1 amide bonds. The maximum Gasteiger partial charge on any atom is 0.230 e. The van der Waals surface area contributed by atoms with E-state index in [9.17, 15) is 4.79 Å². The van der Waals surface area contributed by atoms with Crippen LogP contribution in [0.2, 0.25) is 0 Å². The Balaban J connectivity index is 1.43. The standard InChI is InChI=1S/C22H24N4OS/c1-2-8-18(16-9-4-3-5-10-16)24-21(27)15-28-22-25-19-12-7-6-11-17(19)20-13-14-23-26(20)22/h3-7,9-12,14,18,20H,2,8,13,15H2,1H3,(H,24,27)/t18-,20-/m0/s1. The predicted molar refractivity (Wildman–Crippen MR) is 116 cm³/mol. The first-order chi connectivity index (χ1) is 13.8. The van der Waals surface area contributed by atoms with Gasteiger partial charge in [0.25, 0.3) is 0 Å². The molecule has 2 aliphatic rings. The average Bonchev–Trinajstić information content (AvgIpc) is 3.23. The number of carbonyl (C=O) groups is 1. The molecule has 0 radical (unpaired) electrons. The monoisotopic (exact) mass is 392 g/mol.